The molecule has 0 aliphatic rings. The van der Waals surface area contributed by atoms with Crippen LogP contribution >= 0.6 is 0 Å². The SMILES string of the molecule is CCCCCCCCCCCCCCCCOCCOCCOCCOCCOCCF. The van der Waals surface area contributed by atoms with Crippen molar-refractivity contribution < 1.29 is 28.1 Å². The number of unbranched alkanes of at least 4 members (excludes halogenated alkanes) is 13. The van der Waals surface area contributed by atoms with Crippen LogP contribution in [0.2, 0.25) is 0 Å². The summed E-state index contributed by atoms with van der Waals surface area (Å²) >= 11 is 0. The molecule has 0 unspecified atom stereocenters. The van der Waals surface area contributed by atoms with Crippen LogP contribution in [0.3, 0.4) is 0 Å². The van der Waals surface area contributed by atoms with E-state index in [2.05, 4.69) is 6.92 Å². The van der Waals surface area contributed by atoms with Crippen LogP contribution in [0, 0.1) is 0 Å². The Morgan fingerprint density at radius 2 is 0.625 bits per heavy atom. The van der Waals surface area contributed by atoms with E-state index in [1.54, 1.807) is 0 Å². The minimum absolute atomic E-state index is 0.139. The van der Waals surface area contributed by atoms with Crippen molar-refractivity contribution in [2.75, 3.05) is 72.7 Å². The summed E-state index contributed by atoms with van der Waals surface area (Å²) < 4.78 is 38.6. The Kier molecular flexibility index (Phi) is 30.5. The van der Waals surface area contributed by atoms with Crippen LogP contribution in [0.15, 0.2) is 0 Å². The minimum Gasteiger partial charge on any atom is -0.379 e. The van der Waals surface area contributed by atoms with Crippen LogP contribution in [-0.4, -0.2) is 72.7 Å². The van der Waals surface area contributed by atoms with Crippen LogP contribution < -0.4 is 0 Å². The Bertz CT molecular complexity index is 291. The number of hydrogen-bond donors (Lipinski definition) is 0. The molecule has 0 spiro atoms. The fourth-order valence-corrected chi connectivity index (χ4v) is 3.43. The highest BCUT2D eigenvalue weighted by atomic mass is 19.1. The van der Waals surface area contributed by atoms with Gasteiger partial charge >= 0.3 is 0 Å². The van der Waals surface area contributed by atoms with Crippen LogP contribution in [0.5, 0.6) is 0 Å². The third kappa shape index (κ3) is 29.7. The van der Waals surface area contributed by atoms with Crippen molar-refractivity contribution in [3.63, 3.8) is 0 Å². The summed E-state index contributed by atoms with van der Waals surface area (Å²) in [4.78, 5) is 0. The molecule has 0 atom stereocenters. The summed E-state index contributed by atoms with van der Waals surface area (Å²) in [7, 11) is 0. The summed E-state index contributed by atoms with van der Waals surface area (Å²) in [6.45, 7) is 7.14. The van der Waals surface area contributed by atoms with E-state index < -0.39 is 6.67 Å². The third-order valence-electron chi connectivity index (χ3n) is 5.35. The number of hydrogen-bond acceptors (Lipinski definition) is 5. The van der Waals surface area contributed by atoms with Crippen molar-refractivity contribution in [1.82, 2.24) is 0 Å². The van der Waals surface area contributed by atoms with E-state index in [1.807, 2.05) is 0 Å². The van der Waals surface area contributed by atoms with Gasteiger partial charge in [0.15, 0.2) is 0 Å². The predicted molar refractivity (Wildman–Crippen MR) is 130 cm³/mol. The molecule has 194 valence electrons. The van der Waals surface area contributed by atoms with Crippen molar-refractivity contribution in [1.29, 1.82) is 0 Å². The van der Waals surface area contributed by atoms with Crippen molar-refractivity contribution >= 4 is 0 Å². The molecule has 0 heterocycles. The van der Waals surface area contributed by atoms with E-state index in [0.717, 1.165) is 13.0 Å². The van der Waals surface area contributed by atoms with Crippen LogP contribution in [-0.2, 0) is 23.7 Å². The maximum Gasteiger partial charge on any atom is 0.113 e. The first-order chi connectivity index (χ1) is 15.9. The van der Waals surface area contributed by atoms with Gasteiger partial charge in [-0.25, -0.2) is 4.39 Å². The molecule has 0 fully saturated rings. The second-order valence-corrected chi connectivity index (χ2v) is 8.35. The van der Waals surface area contributed by atoms with Crippen LogP contribution in [0.1, 0.15) is 96.8 Å². The van der Waals surface area contributed by atoms with Gasteiger partial charge < -0.3 is 23.7 Å². The zero-order valence-electron chi connectivity index (χ0n) is 21.1. The maximum absolute atomic E-state index is 11.8. The molecule has 0 aliphatic heterocycles. The van der Waals surface area contributed by atoms with E-state index in [9.17, 15) is 4.39 Å². The van der Waals surface area contributed by atoms with Gasteiger partial charge in [-0.05, 0) is 6.42 Å². The monoisotopic (exact) mass is 464 g/mol. The second kappa shape index (κ2) is 30.7. The van der Waals surface area contributed by atoms with Crippen molar-refractivity contribution in [3.8, 4) is 0 Å². The summed E-state index contributed by atoms with van der Waals surface area (Å²) in [5.41, 5.74) is 0. The molecule has 6 heteroatoms. The van der Waals surface area contributed by atoms with Gasteiger partial charge in [-0.3, -0.25) is 0 Å². The summed E-state index contributed by atoms with van der Waals surface area (Å²) in [6, 6.07) is 0. The van der Waals surface area contributed by atoms with Crippen molar-refractivity contribution in [2.45, 2.75) is 96.8 Å². The first-order valence-electron chi connectivity index (χ1n) is 13.4. The lowest BCUT2D eigenvalue weighted by Crippen LogP contribution is -2.13. The second-order valence-electron chi connectivity index (χ2n) is 8.35. The molecule has 0 aromatic rings. The maximum atomic E-state index is 11.8. The van der Waals surface area contributed by atoms with E-state index in [0.29, 0.717) is 52.9 Å². The average molecular weight is 465 g/mol. The van der Waals surface area contributed by atoms with Gasteiger partial charge in [-0.2, -0.15) is 0 Å². The molecular formula is C26H53FO5. The normalized spacial score (nSPS) is 11.4. The molecule has 0 radical (unpaired) electrons. The average Bonchev–Trinajstić information content (AvgIpc) is 2.81. The minimum atomic E-state index is -0.451. The molecule has 0 saturated carbocycles. The summed E-state index contributed by atoms with van der Waals surface area (Å²) in [6.07, 6.45) is 19.3. The van der Waals surface area contributed by atoms with E-state index >= 15 is 0 Å². The highest BCUT2D eigenvalue weighted by Crippen LogP contribution is 2.12. The lowest BCUT2D eigenvalue weighted by atomic mass is 10.0. The molecule has 32 heavy (non-hydrogen) atoms. The Morgan fingerprint density at radius 3 is 0.969 bits per heavy atom. The first kappa shape index (κ1) is 31.7. The van der Waals surface area contributed by atoms with Gasteiger partial charge in [0.1, 0.15) is 6.67 Å². The highest BCUT2D eigenvalue weighted by Gasteiger charge is 1.96. The van der Waals surface area contributed by atoms with E-state index in [1.165, 1.54) is 83.5 Å². The number of halogens is 1. The molecule has 0 rings (SSSR count). The van der Waals surface area contributed by atoms with E-state index in [4.69, 9.17) is 23.7 Å². The zero-order valence-corrected chi connectivity index (χ0v) is 21.1. The van der Waals surface area contributed by atoms with Gasteiger partial charge in [-0.1, -0.05) is 90.4 Å². The van der Waals surface area contributed by atoms with Gasteiger partial charge in [0.25, 0.3) is 0 Å². The Labute approximate surface area is 198 Å². The zero-order chi connectivity index (χ0) is 23.2. The Hall–Kier alpha value is -0.270. The van der Waals surface area contributed by atoms with Gasteiger partial charge in [0.2, 0.25) is 0 Å². The first-order valence-corrected chi connectivity index (χ1v) is 13.4. The number of rotatable bonds is 29. The quantitative estimate of drug-likeness (QED) is 0.118. The summed E-state index contributed by atoms with van der Waals surface area (Å²) in [5.74, 6) is 0. The molecular weight excluding hydrogens is 411 g/mol. The smallest absolute Gasteiger partial charge is 0.113 e. The molecule has 0 bridgehead atoms. The molecule has 0 saturated heterocycles. The molecule has 0 amide bonds. The van der Waals surface area contributed by atoms with Crippen LogP contribution in [0.4, 0.5) is 4.39 Å². The third-order valence-corrected chi connectivity index (χ3v) is 5.35. The Morgan fingerprint density at radius 1 is 0.344 bits per heavy atom. The highest BCUT2D eigenvalue weighted by molar-refractivity contribution is 4.49. The molecule has 0 aliphatic carbocycles. The van der Waals surface area contributed by atoms with E-state index in [-0.39, 0.29) is 6.61 Å². The number of ether oxygens (including phenoxy) is 5. The van der Waals surface area contributed by atoms with Crippen molar-refractivity contribution in [2.24, 2.45) is 0 Å². The lowest BCUT2D eigenvalue weighted by Gasteiger charge is -2.08. The van der Waals surface area contributed by atoms with Crippen LogP contribution in [0.25, 0.3) is 0 Å². The lowest BCUT2D eigenvalue weighted by molar-refractivity contribution is -0.0119. The standard InChI is InChI=1S/C26H53FO5/c1-2-3-4-5-6-7-8-9-10-11-12-13-14-15-17-28-19-21-30-23-25-32-26-24-31-22-20-29-18-16-27/h2-26H2,1H3. The van der Waals surface area contributed by atoms with Gasteiger partial charge in [0.05, 0.1) is 59.5 Å². The fraction of sp³-hybridized carbons (Fsp3) is 1.00. The Balaban J connectivity index is 2.98. The van der Waals surface area contributed by atoms with Gasteiger partial charge in [-0.15, -0.1) is 0 Å². The molecule has 5 nitrogen and oxygen atoms in total. The summed E-state index contributed by atoms with van der Waals surface area (Å²) in [5, 5.41) is 0. The molecule has 0 aromatic heterocycles. The van der Waals surface area contributed by atoms with Gasteiger partial charge in [0, 0.05) is 6.61 Å². The fourth-order valence-electron chi connectivity index (χ4n) is 3.43. The number of alkyl halides is 1. The molecule has 0 N–H and O–H groups in total. The topological polar surface area (TPSA) is 46.2 Å². The van der Waals surface area contributed by atoms with Crippen molar-refractivity contribution in [3.05, 3.63) is 0 Å². The largest absolute Gasteiger partial charge is 0.379 e. The predicted octanol–water partition coefficient (Wildman–Crippen LogP) is 6.52. The molecule has 0 aromatic carbocycles.